The number of hydrogen-bond donors (Lipinski definition) is 2. The summed E-state index contributed by atoms with van der Waals surface area (Å²) in [6.07, 6.45) is 6.22. The highest BCUT2D eigenvalue weighted by Gasteiger charge is 2.32. The van der Waals surface area contributed by atoms with E-state index in [0.29, 0.717) is 11.9 Å². The number of nitrogens with zero attached hydrogens (tertiary/aromatic N) is 6. The molecular weight excluding hydrogens is 404 g/mol. The fourth-order valence-corrected chi connectivity index (χ4v) is 4.26. The molecule has 0 radical (unpaired) electrons. The molecule has 2 fully saturated rings. The summed E-state index contributed by atoms with van der Waals surface area (Å²) < 4.78 is 5.72. The van der Waals surface area contributed by atoms with Crippen molar-refractivity contribution in [2.75, 3.05) is 16.8 Å². The lowest BCUT2D eigenvalue weighted by molar-refractivity contribution is 0.362. The quantitative estimate of drug-likeness (QED) is 0.461. The third-order valence-electron chi connectivity index (χ3n) is 6.01. The number of nitrogens with one attached hydrogen (secondary N) is 2. The minimum Gasteiger partial charge on any atom is -0.358 e. The van der Waals surface area contributed by atoms with Gasteiger partial charge in [-0.2, -0.15) is 10.1 Å². The van der Waals surface area contributed by atoms with Gasteiger partial charge in [0.1, 0.15) is 11.5 Å². The van der Waals surface area contributed by atoms with Gasteiger partial charge in [0.15, 0.2) is 11.6 Å². The van der Waals surface area contributed by atoms with Gasteiger partial charge in [0, 0.05) is 48.2 Å². The third-order valence-corrected chi connectivity index (χ3v) is 6.01. The first-order valence-electron chi connectivity index (χ1n) is 11.1. The van der Waals surface area contributed by atoms with Crippen LogP contribution >= 0.6 is 0 Å². The molecule has 9 nitrogen and oxygen atoms in total. The van der Waals surface area contributed by atoms with Crippen LogP contribution in [0.5, 0.6) is 0 Å². The summed E-state index contributed by atoms with van der Waals surface area (Å²) in [5.74, 6) is 3.64. The van der Waals surface area contributed by atoms with Gasteiger partial charge in [-0.1, -0.05) is 11.2 Å². The Bertz CT molecular complexity index is 1230. The van der Waals surface area contributed by atoms with Gasteiger partial charge in [0.05, 0.1) is 11.7 Å². The Morgan fingerprint density at radius 3 is 2.84 bits per heavy atom. The average Bonchev–Trinajstić information content (AvgIpc) is 3.20. The van der Waals surface area contributed by atoms with Crippen LogP contribution in [0.2, 0.25) is 0 Å². The first-order valence-corrected chi connectivity index (χ1v) is 11.1. The molecule has 0 aromatic carbocycles. The molecule has 0 bridgehead atoms. The van der Waals surface area contributed by atoms with Crippen LogP contribution in [0.4, 0.5) is 17.6 Å². The summed E-state index contributed by atoms with van der Waals surface area (Å²) in [7, 11) is 0. The molecule has 0 spiro atoms. The van der Waals surface area contributed by atoms with E-state index < -0.39 is 0 Å². The topological polar surface area (TPSA) is 109 Å². The van der Waals surface area contributed by atoms with E-state index in [2.05, 4.69) is 36.6 Å². The Balaban J connectivity index is 1.25. The second kappa shape index (κ2) is 7.74. The zero-order chi connectivity index (χ0) is 21.5. The van der Waals surface area contributed by atoms with Crippen LogP contribution in [0, 0.1) is 6.92 Å². The van der Waals surface area contributed by atoms with Gasteiger partial charge in [-0.15, -0.1) is 0 Å². The molecule has 4 aromatic rings. The van der Waals surface area contributed by atoms with Crippen LogP contribution in [0.15, 0.2) is 47.1 Å². The molecule has 32 heavy (non-hydrogen) atoms. The lowest BCUT2D eigenvalue weighted by Crippen LogP contribution is -2.25. The Labute approximate surface area is 185 Å². The van der Waals surface area contributed by atoms with E-state index in [9.17, 15) is 0 Å². The van der Waals surface area contributed by atoms with E-state index in [1.54, 1.807) is 6.20 Å². The molecule has 1 unspecified atom stereocenters. The second-order valence-electron chi connectivity index (χ2n) is 8.48. The van der Waals surface area contributed by atoms with Crippen LogP contribution in [0.3, 0.4) is 0 Å². The number of rotatable bonds is 6. The molecule has 1 saturated heterocycles. The zero-order valence-electron chi connectivity index (χ0n) is 17.8. The van der Waals surface area contributed by atoms with Crippen LogP contribution in [0.25, 0.3) is 11.4 Å². The summed E-state index contributed by atoms with van der Waals surface area (Å²) in [6, 6.07) is 11.8. The first kappa shape index (κ1) is 19.0. The molecule has 2 N–H and O–H groups in total. The SMILES string of the molecule is Cc1cc(Nc2cc(C3CC3)[nH]n2)nc(N2CCCC2c2cc(-c3ccccn3)no2)n1. The van der Waals surface area contributed by atoms with Crippen molar-refractivity contribution in [3.63, 3.8) is 0 Å². The fourth-order valence-electron chi connectivity index (χ4n) is 4.26. The normalized spacial score (nSPS) is 18.3. The lowest BCUT2D eigenvalue weighted by Gasteiger charge is -2.23. The number of pyridine rings is 1. The minimum absolute atomic E-state index is 0.0430. The number of aryl methyl sites for hydroxylation is 1. The van der Waals surface area contributed by atoms with Crippen LogP contribution in [0.1, 0.15) is 54.8 Å². The fraction of sp³-hybridized carbons (Fsp3) is 0.348. The molecule has 1 aliphatic carbocycles. The van der Waals surface area contributed by atoms with Crippen molar-refractivity contribution >= 4 is 17.6 Å². The predicted octanol–water partition coefficient (Wildman–Crippen LogP) is 4.52. The van der Waals surface area contributed by atoms with Gasteiger partial charge in [0.2, 0.25) is 5.95 Å². The highest BCUT2D eigenvalue weighted by Crippen LogP contribution is 2.40. The summed E-state index contributed by atoms with van der Waals surface area (Å²) in [5, 5.41) is 15.1. The van der Waals surface area contributed by atoms with Crippen LogP contribution in [-0.2, 0) is 0 Å². The summed E-state index contributed by atoms with van der Waals surface area (Å²) in [5.41, 5.74) is 3.62. The molecule has 162 valence electrons. The maximum Gasteiger partial charge on any atom is 0.228 e. The van der Waals surface area contributed by atoms with E-state index in [0.717, 1.165) is 53.9 Å². The van der Waals surface area contributed by atoms with Crippen LogP contribution < -0.4 is 10.2 Å². The zero-order valence-corrected chi connectivity index (χ0v) is 17.8. The summed E-state index contributed by atoms with van der Waals surface area (Å²) >= 11 is 0. The Hall–Kier alpha value is -3.75. The number of anilines is 3. The molecular formula is C23H24N8O. The molecule has 4 aromatic heterocycles. The minimum atomic E-state index is 0.0430. The van der Waals surface area contributed by atoms with Crippen molar-refractivity contribution in [1.82, 2.24) is 30.3 Å². The maximum absolute atomic E-state index is 5.72. The van der Waals surface area contributed by atoms with Crippen LogP contribution in [-0.4, -0.2) is 36.9 Å². The Morgan fingerprint density at radius 1 is 1.06 bits per heavy atom. The average molecular weight is 429 g/mol. The van der Waals surface area contributed by atoms with E-state index in [-0.39, 0.29) is 6.04 Å². The number of aromatic nitrogens is 6. The van der Waals surface area contributed by atoms with E-state index in [1.807, 2.05) is 37.3 Å². The number of hydrogen-bond acceptors (Lipinski definition) is 8. The van der Waals surface area contributed by atoms with Crippen molar-refractivity contribution in [3.8, 4) is 11.4 Å². The van der Waals surface area contributed by atoms with Crippen molar-refractivity contribution in [3.05, 3.63) is 59.7 Å². The van der Waals surface area contributed by atoms with Gasteiger partial charge in [-0.3, -0.25) is 10.1 Å². The number of aromatic amines is 1. The largest absolute Gasteiger partial charge is 0.358 e. The highest BCUT2D eigenvalue weighted by molar-refractivity contribution is 5.56. The Kier molecular flexibility index (Phi) is 4.59. The van der Waals surface area contributed by atoms with Gasteiger partial charge < -0.3 is 14.7 Å². The van der Waals surface area contributed by atoms with E-state index in [4.69, 9.17) is 14.5 Å². The Morgan fingerprint density at radius 2 is 2.00 bits per heavy atom. The molecule has 1 atom stereocenters. The molecule has 6 rings (SSSR count). The molecule has 2 aliphatic rings. The maximum atomic E-state index is 5.72. The van der Waals surface area contributed by atoms with Gasteiger partial charge in [-0.25, -0.2) is 4.98 Å². The van der Waals surface area contributed by atoms with Gasteiger partial charge >= 0.3 is 0 Å². The third kappa shape index (κ3) is 3.70. The molecule has 0 amide bonds. The van der Waals surface area contributed by atoms with Gasteiger partial charge in [0.25, 0.3) is 0 Å². The molecule has 1 saturated carbocycles. The lowest BCUT2D eigenvalue weighted by atomic mass is 10.1. The monoisotopic (exact) mass is 428 g/mol. The summed E-state index contributed by atoms with van der Waals surface area (Å²) in [6.45, 7) is 2.84. The smallest absolute Gasteiger partial charge is 0.228 e. The van der Waals surface area contributed by atoms with Gasteiger partial charge in [-0.05, 0) is 44.7 Å². The highest BCUT2D eigenvalue weighted by atomic mass is 16.5. The van der Waals surface area contributed by atoms with Crippen molar-refractivity contribution in [2.45, 2.75) is 44.6 Å². The van der Waals surface area contributed by atoms with E-state index >= 15 is 0 Å². The second-order valence-corrected chi connectivity index (χ2v) is 8.48. The predicted molar refractivity (Wildman–Crippen MR) is 120 cm³/mol. The standard InChI is InChI=1S/C23H24N8O/c1-14-11-21(26-22-13-17(28-29-22)15-7-8-15)27-23(25-14)31-10-4-6-19(31)20-12-18(30-32-20)16-5-2-3-9-24-16/h2-3,5,9,11-13,15,19H,4,6-8,10H2,1H3,(H2,25,26,27,28,29). The number of H-pyrrole nitrogens is 1. The van der Waals surface area contributed by atoms with E-state index in [1.165, 1.54) is 18.5 Å². The summed E-state index contributed by atoms with van der Waals surface area (Å²) in [4.78, 5) is 16.1. The molecule has 5 heterocycles. The van der Waals surface area contributed by atoms with Crippen molar-refractivity contribution in [1.29, 1.82) is 0 Å². The van der Waals surface area contributed by atoms with Crippen molar-refractivity contribution < 1.29 is 4.52 Å². The first-order chi connectivity index (χ1) is 15.7. The molecule has 9 heteroatoms. The molecule has 1 aliphatic heterocycles. The van der Waals surface area contributed by atoms with Crippen molar-refractivity contribution in [2.24, 2.45) is 0 Å².